The van der Waals surface area contributed by atoms with E-state index in [4.69, 9.17) is 0 Å². The molecule has 31 heavy (non-hydrogen) atoms. The van der Waals surface area contributed by atoms with Gasteiger partial charge in [0.1, 0.15) is 0 Å². The van der Waals surface area contributed by atoms with Gasteiger partial charge in [0.25, 0.3) is 0 Å². The summed E-state index contributed by atoms with van der Waals surface area (Å²) in [6, 6.07) is 0. The highest BCUT2D eigenvalue weighted by Crippen LogP contribution is 2.59. The number of hydrogen-bond donors (Lipinski definition) is 3. The fourth-order valence-electron chi connectivity index (χ4n) is 6.42. The van der Waals surface area contributed by atoms with Crippen molar-refractivity contribution in [2.75, 3.05) is 0 Å². The summed E-state index contributed by atoms with van der Waals surface area (Å²) in [4.78, 5) is 0. The van der Waals surface area contributed by atoms with Crippen molar-refractivity contribution >= 4 is 0 Å². The maximum absolute atomic E-state index is 10.3. The molecule has 0 amide bonds. The van der Waals surface area contributed by atoms with E-state index in [1.807, 2.05) is 13.8 Å². The summed E-state index contributed by atoms with van der Waals surface area (Å²) in [5.41, 5.74) is 3.03. The molecule has 7 atom stereocenters. The third-order valence-corrected chi connectivity index (χ3v) is 8.70. The summed E-state index contributed by atoms with van der Waals surface area (Å²) >= 11 is 0. The molecule has 0 unspecified atom stereocenters. The van der Waals surface area contributed by atoms with Crippen LogP contribution >= 0.6 is 0 Å². The number of aliphatic hydroxyl groups excluding tert-OH is 2. The van der Waals surface area contributed by atoms with Crippen molar-refractivity contribution in [1.29, 1.82) is 0 Å². The predicted molar refractivity (Wildman–Crippen MR) is 129 cm³/mol. The van der Waals surface area contributed by atoms with Crippen LogP contribution in [0.1, 0.15) is 85.5 Å². The van der Waals surface area contributed by atoms with Crippen molar-refractivity contribution in [2.24, 2.45) is 23.2 Å². The normalized spacial score (nSPS) is 39.8. The molecular formula is C28H44O3. The SMILES string of the molecule is C=C1/C(=C/C=C2\CCC[C@]3(C)[C@@H]([C@H](C)/C=C/C[C@@](C)(O)CC)CC[C@@H]23)C[C@@H](O)C[C@@H]1O. The van der Waals surface area contributed by atoms with E-state index in [2.05, 4.69) is 44.7 Å². The molecule has 3 rings (SSSR count). The monoisotopic (exact) mass is 428 g/mol. The Labute approximate surface area is 189 Å². The summed E-state index contributed by atoms with van der Waals surface area (Å²) in [6.45, 7) is 12.9. The summed E-state index contributed by atoms with van der Waals surface area (Å²) in [5, 5.41) is 30.5. The Morgan fingerprint density at radius 1 is 1.26 bits per heavy atom. The molecule has 0 radical (unpaired) electrons. The molecule has 0 spiro atoms. The first-order valence-corrected chi connectivity index (χ1v) is 12.4. The molecule has 0 saturated heterocycles. The molecule has 3 aliphatic rings. The first kappa shape index (κ1) is 24.5. The van der Waals surface area contributed by atoms with Crippen molar-refractivity contribution in [1.82, 2.24) is 0 Å². The van der Waals surface area contributed by atoms with Gasteiger partial charge in [-0.25, -0.2) is 0 Å². The van der Waals surface area contributed by atoms with E-state index < -0.39 is 17.8 Å². The zero-order valence-electron chi connectivity index (χ0n) is 20.1. The van der Waals surface area contributed by atoms with Crippen LogP contribution in [-0.2, 0) is 0 Å². The highest BCUT2D eigenvalue weighted by atomic mass is 16.3. The van der Waals surface area contributed by atoms with Crippen LogP contribution < -0.4 is 0 Å². The minimum atomic E-state index is -0.623. The van der Waals surface area contributed by atoms with Gasteiger partial charge in [-0.05, 0) is 92.6 Å². The third kappa shape index (κ3) is 5.43. The second kappa shape index (κ2) is 9.77. The van der Waals surface area contributed by atoms with Crippen LogP contribution in [0, 0.1) is 23.2 Å². The Bertz CT molecular complexity index is 743. The van der Waals surface area contributed by atoms with E-state index in [0.29, 0.717) is 36.0 Å². The lowest BCUT2D eigenvalue weighted by molar-refractivity contribution is 0.0588. The van der Waals surface area contributed by atoms with Crippen molar-refractivity contribution in [3.8, 4) is 0 Å². The number of aliphatic hydroxyl groups is 3. The van der Waals surface area contributed by atoms with Gasteiger partial charge >= 0.3 is 0 Å². The van der Waals surface area contributed by atoms with Crippen LogP contribution in [0.3, 0.4) is 0 Å². The Balaban J connectivity index is 1.73. The maximum atomic E-state index is 10.3. The predicted octanol–water partition coefficient (Wildman–Crippen LogP) is 5.87. The molecule has 3 aliphatic carbocycles. The molecule has 0 aromatic heterocycles. The second-order valence-corrected chi connectivity index (χ2v) is 11.0. The minimum Gasteiger partial charge on any atom is -0.393 e. The first-order valence-electron chi connectivity index (χ1n) is 12.4. The number of allylic oxidation sites excluding steroid dienone is 4. The lowest BCUT2D eigenvalue weighted by Crippen LogP contribution is -2.35. The van der Waals surface area contributed by atoms with E-state index in [1.165, 1.54) is 31.3 Å². The Hall–Kier alpha value is -1.16. The van der Waals surface area contributed by atoms with Crippen molar-refractivity contribution < 1.29 is 15.3 Å². The summed E-state index contributed by atoms with van der Waals surface area (Å²) in [6.07, 6.45) is 16.5. The lowest BCUT2D eigenvalue weighted by atomic mass is 9.61. The largest absolute Gasteiger partial charge is 0.393 e. The molecule has 3 saturated carbocycles. The zero-order chi connectivity index (χ0) is 22.8. The highest BCUT2D eigenvalue weighted by Gasteiger charge is 2.50. The molecule has 3 fully saturated rings. The minimum absolute atomic E-state index is 0.322. The average molecular weight is 429 g/mol. The molecule has 0 aromatic rings. The van der Waals surface area contributed by atoms with Crippen LogP contribution in [0.2, 0.25) is 0 Å². The van der Waals surface area contributed by atoms with Crippen molar-refractivity contribution in [3.63, 3.8) is 0 Å². The summed E-state index contributed by atoms with van der Waals surface area (Å²) in [5.74, 6) is 1.80. The molecule has 0 bridgehead atoms. The van der Waals surface area contributed by atoms with Gasteiger partial charge < -0.3 is 15.3 Å². The van der Waals surface area contributed by atoms with Crippen molar-refractivity contribution in [2.45, 2.75) is 103 Å². The molecule has 3 heteroatoms. The molecule has 0 heterocycles. The molecular weight excluding hydrogens is 384 g/mol. The van der Waals surface area contributed by atoms with Crippen LogP contribution in [-0.4, -0.2) is 33.1 Å². The number of hydrogen-bond acceptors (Lipinski definition) is 3. The van der Waals surface area contributed by atoms with Gasteiger partial charge in [-0.15, -0.1) is 0 Å². The number of fused-ring (bicyclic) bond motifs is 1. The van der Waals surface area contributed by atoms with Gasteiger partial charge in [0, 0.05) is 6.42 Å². The highest BCUT2D eigenvalue weighted by molar-refractivity contribution is 5.38. The van der Waals surface area contributed by atoms with Crippen LogP contribution in [0.25, 0.3) is 0 Å². The average Bonchev–Trinajstić information content (AvgIpc) is 3.07. The molecule has 0 aromatic carbocycles. The smallest absolute Gasteiger partial charge is 0.0811 e. The van der Waals surface area contributed by atoms with Gasteiger partial charge in [-0.2, -0.15) is 0 Å². The van der Waals surface area contributed by atoms with Crippen LogP contribution in [0.4, 0.5) is 0 Å². The molecule has 3 nitrogen and oxygen atoms in total. The molecule has 3 N–H and O–H groups in total. The van der Waals surface area contributed by atoms with Gasteiger partial charge in [-0.3, -0.25) is 0 Å². The van der Waals surface area contributed by atoms with E-state index in [-0.39, 0.29) is 0 Å². The molecule has 0 aliphatic heterocycles. The molecule has 174 valence electrons. The second-order valence-electron chi connectivity index (χ2n) is 11.0. The Morgan fingerprint density at radius 3 is 2.71 bits per heavy atom. The van der Waals surface area contributed by atoms with E-state index in [1.54, 1.807) is 0 Å². The van der Waals surface area contributed by atoms with Gasteiger partial charge in [-0.1, -0.05) is 57.2 Å². The topological polar surface area (TPSA) is 60.7 Å². The van der Waals surface area contributed by atoms with Crippen LogP contribution in [0.5, 0.6) is 0 Å². The standard InChI is InChI=1S/C28H44O3/c1-6-27(4,31)15-7-9-19(2)24-13-14-25-21(10-8-16-28(24,25)5)11-12-22-17-23(29)18-26(30)20(22)3/h7,9,11-12,19,23-26,29-31H,3,6,8,10,13-18H2,1-2,4-5H3/b9-7+,21-11+,22-12+/t19-,23-,24-,25+,26+,27+,28-/m1/s1. The lowest BCUT2D eigenvalue weighted by Gasteiger charge is -2.44. The van der Waals surface area contributed by atoms with E-state index >= 15 is 0 Å². The van der Waals surface area contributed by atoms with E-state index in [9.17, 15) is 15.3 Å². The fourth-order valence-corrected chi connectivity index (χ4v) is 6.42. The maximum Gasteiger partial charge on any atom is 0.0811 e. The van der Waals surface area contributed by atoms with Gasteiger partial charge in [0.15, 0.2) is 0 Å². The van der Waals surface area contributed by atoms with Gasteiger partial charge in [0.05, 0.1) is 17.8 Å². The summed E-state index contributed by atoms with van der Waals surface area (Å²) in [7, 11) is 0. The summed E-state index contributed by atoms with van der Waals surface area (Å²) < 4.78 is 0. The number of rotatable bonds is 6. The first-order chi connectivity index (χ1) is 14.6. The Morgan fingerprint density at radius 2 is 2.00 bits per heavy atom. The van der Waals surface area contributed by atoms with Gasteiger partial charge in [0.2, 0.25) is 0 Å². The van der Waals surface area contributed by atoms with Crippen LogP contribution in [0.15, 0.2) is 47.6 Å². The zero-order valence-corrected chi connectivity index (χ0v) is 20.1. The van der Waals surface area contributed by atoms with Crippen molar-refractivity contribution in [3.05, 3.63) is 47.6 Å². The van der Waals surface area contributed by atoms with E-state index in [0.717, 1.165) is 30.4 Å². The quantitative estimate of drug-likeness (QED) is 0.464. The Kier molecular flexibility index (Phi) is 7.71. The fraction of sp³-hybridized carbons (Fsp3) is 0.714. The third-order valence-electron chi connectivity index (χ3n) is 8.70.